The molecular formula is C11H13N5O. The third kappa shape index (κ3) is 1.48. The fraction of sp³-hybridized carbons (Fsp3) is 0.455. The molecule has 2 atom stereocenters. The third-order valence-electron chi connectivity index (χ3n) is 3.55. The van der Waals surface area contributed by atoms with E-state index >= 15 is 0 Å². The van der Waals surface area contributed by atoms with E-state index in [9.17, 15) is 4.79 Å². The lowest BCUT2D eigenvalue weighted by atomic mass is 10.1. The van der Waals surface area contributed by atoms with Crippen LogP contribution in [0.15, 0.2) is 12.7 Å². The zero-order chi connectivity index (χ0) is 12.0. The molecule has 0 unspecified atom stereocenters. The summed E-state index contributed by atoms with van der Waals surface area (Å²) in [6.45, 7) is 2.84. The van der Waals surface area contributed by atoms with Gasteiger partial charge in [-0.3, -0.25) is 0 Å². The van der Waals surface area contributed by atoms with Crippen LogP contribution in [0, 0.1) is 11.3 Å². The average molecular weight is 231 g/mol. The van der Waals surface area contributed by atoms with Gasteiger partial charge in [-0.25, -0.2) is 15.0 Å². The Balaban J connectivity index is 1.97. The molecule has 0 aromatic carbocycles. The van der Waals surface area contributed by atoms with E-state index in [-0.39, 0.29) is 11.3 Å². The Hall–Kier alpha value is -1.98. The molecule has 1 fully saturated rings. The zero-order valence-corrected chi connectivity index (χ0v) is 9.50. The highest BCUT2D eigenvalue weighted by atomic mass is 16.1. The van der Waals surface area contributed by atoms with E-state index in [1.54, 1.807) is 6.33 Å². The number of hydrogen-bond donors (Lipinski definition) is 1. The minimum Gasteiger partial charge on any atom is -0.382 e. The van der Waals surface area contributed by atoms with Crippen LogP contribution in [0.4, 0.5) is 5.82 Å². The van der Waals surface area contributed by atoms with Gasteiger partial charge in [0.2, 0.25) is 0 Å². The van der Waals surface area contributed by atoms with Crippen molar-refractivity contribution >= 4 is 23.3 Å². The van der Waals surface area contributed by atoms with Gasteiger partial charge in [0.15, 0.2) is 11.5 Å². The van der Waals surface area contributed by atoms with Crippen molar-refractivity contribution in [3.8, 4) is 0 Å². The number of carbonyl (C=O) groups is 1. The van der Waals surface area contributed by atoms with E-state index in [1.165, 1.54) is 6.33 Å². The summed E-state index contributed by atoms with van der Waals surface area (Å²) in [5, 5.41) is 0. The first-order chi connectivity index (χ1) is 8.14. The molecule has 0 bridgehead atoms. The molecule has 0 spiro atoms. The van der Waals surface area contributed by atoms with Gasteiger partial charge in [-0.15, -0.1) is 0 Å². The molecule has 17 heavy (non-hydrogen) atoms. The van der Waals surface area contributed by atoms with Crippen LogP contribution in [0.2, 0.25) is 0 Å². The first kappa shape index (κ1) is 10.2. The maximum Gasteiger partial charge on any atom is 0.165 e. The highest BCUT2D eigenvalue weighted by molar-refractivity contribution is 5.81. The number of aromatic nitrogens is 4. The highest BCUT2D eigenvalue weighted by Crippen LogP contribution is 2.52. The van der Waals surface area contributed by atoms with Crippen molar-refractivity contribution in [3.05, 3.63) is 12.7 Å². The van der Waals surface area contributed by atoms with Crippen molar-refractivity contribution < 1.29 is 4.79 Å². The van der Waals surface area contributed by atoms with Crippen LogP contribution in [-0.4, -0.2) is 25.8 Å². The monoisotopic (exact) mass is 231 g/mol. The van der Waals surface area contributed by atoms with Gasteiger partial charge < -0.3 is 15.1 Å². The molecule has 0 saturated heterocycles. The van der Waals surface area contributed by atoms with Gasteiger partial charge in [0, 0.05) is 12.5 Å². The molecule has 88 valence electrons. The molecule has 1 aliphatic carbocycles. The van der Waals surface area contributed by atoms with Crippen molar-refractivity contribution in [1.29, 1.82) is 0 Å². The Labute approximate surface area is 97.9 Å². The maximum absolute atomic E-state index is 10.8. The Morgan fingerprint density at radius 2 is 2.41 bits per heavy atom. The van der Waals surface area contributed by atoms with Crippen molar-refractivity contribution in [2.75, 3.05) is 5.73 Å². The van der Waals surface area contributed by atoms with Crippen LogP contribution in [0.1, 0.15) is 13.3 Å². The van der Waals surface area contributed by atoms with Gasteiger partial charge in [0.1, 0.15) is 18.1 Å². The number of aldehydes is 1. The van der Waals surface area contributed by atoms with Gasteiger partial charge >= 0.3 is 0 Å². The second-order valence-corrected chi connectivity index (χ2v) is 4.90. The lowest BCUT2D eigenvalue weighted by Gasteiger charge is -2.10. The predicted molar refractivity (Wildman–Crippen MR) is 62.0 cm³/mol. The van der Waals surface area contributed by atoms with E-state index in [2.05, 4.69) is 21.9 Å². The van der Waals surface area contributed by atoms with E-state index in [0.717, 1.165) is 24.9 Å². The van der Waals surface area contributed by atoms with Crippen molar-refractivity contribution in [2.24, 2.45) is 11.3 Å². The number of hydrogen-bond acceptors (Lipinski definition) is 5. The molecule has 2 N–H and O–H groups in total. The Morgan fingerprint density at radius 1 is 1.59 bits per heavy atom. The minimum atomic E-state index is 0.0368. The van der Waals surface area contributed by atoms with Gasteiger partial charge in [-0.2, -0.15) is 0 Å². The molecule has 2 heterocycles. The zero-order valence-electron chi connectivity index (χ0n) is 9.50. The van der Waals surface area contributed by atoms with E-state index in [0.29, 0.717) is 11.3 Å². The SMILES string of the molecule is C[C@]1(Cn2cnc3c(N)ncnc32)C[C@H]1C=O. The first-order valence-corrected chi connectivity index (χ1v) is 5.51. The predicted octanol–water partition coefficient (Wildman–Crippen LogP) is 0.634. The minimum absolute atomic E-state index is 0.0368. The molecule has 3 rings (SSSR count). The van der Waals surface area contributed by atoms with Gasteiger partial charge in [0.05, 0.1) is 6.33 Å². The van der Waals surface area contributed by atoms with Crippen LogP contribution in [-0.2, 0) is 11.3 Å². The molecule has 2 aromatic rings. The van der Waals surface area contributed by atoms with Crippen molar-refractivity contribution in [3.63, 3.8) is 0 Å². The van der Waals surface area contributed by atoms with Crippen LogP contribution in [0.5, 0.6) is 0 Å². The number of imidazole rings is 1. The number of nitrogens with zero attached hydrogens (tertiary/aromatic N) is 4. The summed E-state index contributed by atoms with van der Waals surface area (Å²) in [6.07, 6.45) is 5.10. The fourth-order valence-corrected chi connectivity index (χ4v) is 2.24. The number of fused-ring (bicyclic) bond motifs is 1. The number of rotatable bonds is 3. The quantitative estimate of drug-likeness (QED) is 0.783. The lowest BCUT2D eigenvalue weighted by Crippen LogP contribution is -2.10. The number of nitrogen functional groups attached to an aromatic ring is 1. The Morgan fingerprint density at radius 3 is 3.12 bits per heavy atom. The largest absolute Gasteiger partial charge is 0.382 e. The second kappa shape index (κ2) is 3.26. The number of carbonyl (C=O) groups excluding carboxylic acids is 1. The first-order valence-electron chi connectivity index (χ1n) is 5.51. The van der Waals surface area contributed by atoms with Crippen molar-refractivity contribution in [1.82, 2.24) is 19.5 Å². The molecule has 1 aliphatic rings. The highest BCUT2D eigenvalue weighted by Gasteiger charge is 2.50. The van der Waals surface area contributed by atoms with E-state index < -0.39 is 0 Å². The summed E-state index contributed by atoms with van der Waals surface area (Å²) in [4.78, 5) is 23.0. The molecule has 6 heteroatoms. The average Bonchev–Trinajstić information content (AvgIpc) is 2.78. The number of nitrogens with two attached hydrogens (primary N) is 1. The summed E-state index contributed by atoms with van der Waals surface area (Å²) in [5.74, 6) is 0.542. The molecule has 0 aliphatic heterocycles. The Bertz CT molecular complexity index is 593. The van der Waals surface area contributed by atoms with Crippen LogP contribution in [0.25, 0.3) is 11.2 Å². The summed E-state index contributed by atoms with van der Waals surface area (Å²) < 4.78 is 1.94. The Kier molecular flexibility index (Phi) is 1.95. The van der Waals surface area contributed by atoms with Gasteiger partial charge in [-0.05, 0) is 11.8 Å². The number of anilines is 1. The molecule has 0 radical (unpaired) electrons. The lowest BCUT2D eigenvalue weighted by molar-refractivity contribution is -0.109. The fourth-order valence-electron chi connectivity index (χ4n) is 2.24. The summed E-state index contributed by atoms with van der Waals surface area (Å²) >= 11 is 0. The third-order valence-corrected chi connectivity index (χ3v) is 3.55. The molecule has 1 saturated carbocycles. The van der Waals surface area contributed by atoms with E-state index in [1.807, 2.05) is 4.57 Å². The molecule has 0 amide bonds. The van der Waals surface area contributed by atoms with Crippen LogP contribution < -0.4 is 5.73 Å². The smallest absolute Gasteiger partial charge is 0.165 e. The standard InChI is InChI=1S/C11H13N5O/c1-11(2-7(11)3-17)4-16-6-15-8-9(12)13-5-14-10(8)16/h3,5-7H,2,4H2,1H3,(H2,12,13,14)/t7-,11+/m0/s1. The van der Waals surface area contributed by atoms with Crippen LogP contribution in [0.3, 0.4) is 0 Å². The topological polar surface area (TPSA) is 86.7 Å². The van der Waals surface area contributed by atoms with Crippen molar-refractivity contribution in [2.45, 2.75) is 19.9 Å². The molecule has 6 nitrogen and oxygen atoms in total. The second-order valence-electron chi connectivity index (χ2n) is 4.90. The summed E-state index contributed by atoms with van der Waals surface area (Å²) in [6, 6.07) is 0. The van der Waals surface area contributed by atoms with Gasteiger partial charge in [-0.1, -0.05) is 6.92 Å². The molecule has 2 aromatic heterocycles. The summed E-state index contributed by atoms with van der Waals surface area (Å²) in [7, 11) is 0. The van der Waals surface area contributed by atoms with Crippen LogP contribution >= 0.6 is 0 Å². The normalized spacial score (nSPS) is 27.2. The van der Waals surface area contributed by atoms with Gasteiger partial charge in [0.25, 0.3) is 0 Å². The maximum atomic E-state index is 10.8. The molecular weight excluding hydrogens is 218 g/mol. The summed E-state index contributed by atoms with van der Waals surface area (Å²) in [5.41, 5.74) is 7.11. The van der Waals surface area contributed by atoms with E-state index in [4.69, 9.17) is 5.73 Å².